The summed E-state index contributed by atoms with van der Waals surface area (Å²) in [7, 11) is 0. The molecule has 1 N–H and O–H groups in total. The molecule has 1 aliphatic rings. The fraction of sp³-hybridized carbons (Fsp3) is 0.353. The van der Waals surface area contributed by atoms with Crippen molar-refractivity contribution in [3.8, 4) is 10.6 Å². The average molecular weight is 376 g/mol. The number of halogens is 1. The molecule has 0 bridgehead atoms. The van der Waals surface area contributed by atoms with Gasteiger partial charge in [0.15, 0.2) is 0 Å². The molecule has 0 unspecified atom stereocenters. The van der Waals surface area contributed by atoms with Crippen molar-refractivity contribution in [2.24, 2.45) is 0 Å². The van der Waals surface area contributed by atoms with Gasteiger partial charge in [-0.05, 0) is 47.0 Å². The lowest BCUT2D eigenvalue weighted by atomic mass is 9.95. The third-order valence-electron chi connectivity index (χ3n) is 4.28. The summed E-state index contributed by atoms with van der Waals surface area (Å²) >= 11 is 5.28. The van der Waals surface area contributed by atoms with Crippen LogP contribution in [-0.2, 0) is 0 Å². The van der Waals surface area contributed by atoms with Crippen LogP contribution in [0, 0.1) is 0 Å². The molecule has 3 aromatic rings. The SMILES string of the molecule is Brc1csc(-c2nc3ccccn3c2NC2CCCCC2)c1. The van der Waals surface area contributed by atoms with Crippen LogP contribution in [0.5, 0.6) is 0 Å². The highest BCUT2D eigenvalue weighted by Crippen LogP contribution is 2.36. The van der Waals surface area contributed by atoms with E-state index in [2.05, 4.69) is 55.4 Å². The third-order valence-corrected chi connectivity index (χ3v) is 5.97. The van der Waals surface area contributed by atoms with Crippen LogP contribution >= 0.6 is 27.3 Å². The summed E-state index contributed by atoms with van der Waals surface area (Å²) in [5, 5.41) is 5.89. The second kappa shape index (κ2) is 6.05. The van der Waals surface area contributed by atoms with Crippen LogP contribution in [0.4, 0.5) is 5.82 Å². The number of aromatic nitrogens is 2. The molecule has 0 atom stereocenters. The fourth-order valence-electron chi connectivity index (χ4n) is 3.18. The number of rotatable bonds is 3. The van der Waals surface area contributed by atoms with E-state index in [0.29, 0.717) is 6.04 Å². The van der Waals surface area contributed by atoms with Gasteiger partial charge >= 0.3 is 0 Å². The van der Waals surface area contributed by atoms with Crippen LogP contribution in [0.2, 0.25) is 0 Å². The van der Waals surface area contributed by atoms with Gasteiger partial charge in [-0.15, -0.1) is 11.3 Å². The lowest BCUT2D eigenvalue weighted by Crippen LogP contribution is -2.23. The van der Waals surface area contributed by atoms with Crippen molar-refractivity contribution in [3.05, 3.63) is 40.3 Å². The number of hydrogen-bond acceptors (Lipinski definition) is 3. The van der Waals surface area contributed by atoms with E-state index in [1.165, 1.54) is 37.0 Å². The molecule has 0 radical (unpaired) electrons. The van der Waals surface area contributed by atoms with Crippen molar-refractivity contribution in [2.75, 3.05) is 5.32 Å². The number of anilines is 1. The maximum Gasteiger partial charge on any atom is 0.139 e. The Morgan fingerprint density at radius 3 is 2.86 bits per heavy atom. The Balaban J connectivity index is 1.79. The van der Waals surface area contributed by atoms with Gasteiger partial charge in [-0.3, -0.25) is 4.40 Å². The lowest BCUT2D eigenvalue weighted by molar-refractivity contribution is 0.462. The van der Waals surface area contributed by atoms with Gasteiger partial charge in [-0.1, -0.05) is 25.3 Å². The zero-order valence-electron chi connectivity index (χ0n) is 12.3. The molecule has 0 amide bonds. The second-order valence-electron chi connectivity index (χ2n) is 5.85. The summed E-state index contributed by atoms with van der Waals surface area (Å²) in [4.78, 5) is 6.05. The zero-order valence-corrected chi connectivity index (χ0v) is 14.7. The minimum Gasteiger partial charge on any atom is -0.367 e. The molecule has 0 aliphatic heterocycles. The van der Waals surface area contributed by atoms with Gasteiger partial charge in [0, 0.05) is 22.1 Å². The van der Waals surface area contributed by atoms with E-state index in [-0.39, 0.29) is 0 Å². The number of imidazole rings is 1. The number of nitrogens with one attached hydrogen (secondary N) is 1. The summed E-state index contributed by atoms with van der Waals surface area (Å²) in [6.45, 7) is 0. The molecule has 3 nitrogen and oxygen atoms in total. The van der Waals surface area contributed by atoms with Gasteiger partial charge in [0.2, 0.25) is 0 Å². The molecule has 0 aromatic carbocycles. The van der Waals surface area contributed by atoms with Gasteiger partial charge in [-0.2, -0.15) is 0 Å². The summed E-state index contributed by atoms with van der Waals surface area (Å²) in [5.74, 6) is 1.14. The summed E-state index contributed by atoms with van der Waals surface area (Å²) in [6.07, 6.45) is 8.64. The van der Waals surface area contributed by atoms with Crippen molar-refractivity contribution in [1.82, 2.24) is 9.38 Å². The third kappa shape index (κ3) is 2.68. The van der Waals surface area contributed by atoms with Crippen LogP contribution in [0.3, 0.4) is 0 Å². The molecule has 0 saturated heterocycles. The van der Waals surface area contributed by atoms with Crippen molar-refractivity contribution >= 4 is 38.7 Å². The normalized spacial score (nSPS) is 16.2. The minimum absolute atomic E-state index is 0.566. The van der Waals surface area contributed by atoms with Gasteiger partial charge in [0.1, 0.15) is 17.2 Å². The van der Waals surface area contributed by atoms with E-state index in [1.54, 1.807) is 11.3 Å². The smallest absolute Gasteiger partial charge is 0.139 e. The summed E-state index contributed by atoms with van der Waals surface area (Å²) < 4.78 is 3.30. The largest absolute Gasteiger partial charge is 0.367 e. The first kappa shape index (κ1) is 14.3. The van der Waals surface area contributed by atoms with E-state index in [9.17, 15) is 0 Å². The monoisotopic (exact) mass is 375 g/mol. The predicted octanol–water partition coefficient (Wildman–Crippen LogP) is 5.57. The van der Waals surface area contributed by atoms with Crippen LogP contribution in [0.15, 0.2) is 40.3 Å². The lowest BCUT2D eigenvalue weighted by Gasteiger charge is -2.24. The molecule has 22 heavy (non-hydrogen) atoms. The molecule has 1 fully saturated rings. The number of fused-ring (bicyclic) bond motifs is 1. The maximum atomic E-state index is 4.85. The number of pyridine rings is 1. The van der Waals surface area contributed by atoms with E-state index in [1.807, 2.05) is 6.07 Å². The van der Waals surface area contributed by atoms with Gasteiger partial charge in [-0.25, -0.2) is 4.98 Å². The van der Waals surface area contributed by atoms with E-state index >= 15 is 0 Å². The Bertz CT molecular complexity index is 786. The van der Waals surface area contributed by atoms with Crippen molar-refractivity contribution in [1.29, 1.82) is 0 Å². The zero-order chi connectivity index (χ0) is 14.9. The summed E-state index contributed by atoms with van der Waals surface area (Å²) in [5.41, 5.74) is 2.06. The Morgan fingerprint density at radius 2 is 2.09 bits per heavy atom. The van der Waals surface area contributed by atoms with Gasteiger partial charge < -0.3 is 5.32 Å². The molecule has 3 heterocycles. The molecular weight excluding hydrogens is 358 g/mol. The van der Waals surface area contributed by atoms with Crippen LogP contribution < -0.4 is 5.32 Å². The van der Waals surface area contributed by atoms with Crippen LogP contribution in [0.25, 0.3) is 16.2 Å². The second-order valence-corrected chi connectivity index (χ2v) is 7.67. The molecule has 4 rings (SSSR count). The Morgan fingerprint density at radius 1 is 1.23 bits per heavy atom. The number of thiophene rings is 1. The molecule has 3 aromatic heterocycles. The molecule has 0 spiro atoms. The minimum atomic E-state index is 0.566. The van der Waals surface area contributed by atoms with Crippen molar-refractivity contribution in [2.45, 2.75) is 38.1 Å². The highest BCUT2D eigenvalue weighted by molar-refractivity contribution is 9.10. The first-order chi connectivity index (χ1) is 10.8. The van der Waals surface area contributed by atoms with E-state index in [0.717, 1.165) is 21.6 Å². The maximum absolute atomic E-state index is 4.85. The van der Waals surface area contributed by atoms with Crippen molar-refractivity contribution in [3.63, 3.8) is 0 Å². The van der Waals surface area contributed by atoms with E-state index in [4.69, 9.17) is 4.98 Å². The van der Waals surface area contributed by atoms with Crippen molar-refractivity contribution < 1.29 is 0 Å². The Labute approximate surface area is 142 Å². The Kier molecular flexibility index (Phi) is 3.92. The predicted molar refractivity (Wildman–Crippen MR) is 96.7 cm³/mol. The Hall–Kier alpha value is -1.33. The highest BCUT2D eigenvalue weighted by Gasteiger charge is 2.20. The molecule has 1 saturated carbocycles. The van der Waals surface area contributed by atoms with Crippen LogP contribution in [-0.4, -0.2) is 15.4 Å². The molecule has 1 aliphatic carbocycles. The fourth-order valence-corrected chi connectivity index (χ4v) is 4.60. The first-order valence-electron chi connectivity index (χ1n) is 7.79. The van der Waals surface area contributed by atoms with E-state index < -0.39 is 0 Å². The van der Waals surface area contributed by atoms with Crippen LogP contribution in [0.1, 0.15) is 32.1 Å². The molecule has 5 heteroatoms. The van der Waals surface area contributed by atoms with Gasteiger partial charge in [0.05, 0.1) is 4.88 Å². The number of hydrogen-bond donors (Lipinski definition) is 1. The molecular formula is C17H18BrN3S. The standard InChI is InChI=1S/C17H18BrN3S/c18-12-10-14(22-11-12)16-17(19-13-6-2-1-3-7-13)21-9-5-4-8-15(21)20-16/h4-5,8-11,13,19H,1-3,6-7H2. The molecule has 114 valence electrons. The van der Waals surface area contributed by atoms with Gasteiger partial charge in [0.25, 0.3) is 0 Å². The average Bonchev–Trinajstić information content (AvgIpc) is 3.13. The first-order valence-corrected chi connectivity index (χ1v) is 9.46. The highest BCUT2D eigenvalue weighted by atomic mass is 79.9. The topological polar surface area (TPSA) is 29.3 Å². The number of nitrogens with zero attached hydrogens (tertiary/aromatic N) is 2. The summed E-state index contributed by atoms with van der Waals surface area (Å²) in [6, 6.07) is 8.89. The quantitative estimate of drug-likeness (QED) is 0.648.